The Balaban J connectivity index is 1.53. The summed E-state index contributed by atoms with van der Waals surface area (Å²) < 4.78 is 6.78. The van der Waals surface area contributed by atoms with Crippen LogP contribution in [0.2, 0.25) is 0 Å². The van der Waals surface area contributed by atoms with Crippen LogP contribution in [0.1, 0.15) is 55.3 Å². The first-order chi connectivity index (χ1) is 14.9. The number of anilines is 1. The van der Waals surface area contributed by atoms with Crippen LogP contribution in [0.25, 0.3) is 0 Å². The van der Waals surface area contributed by atoms with Crippen LogP contribution in [-0.4, -0.2) is 28.8 Å². The third-order valence-electron chi connectivity index (χ3n) is 5.45. The predicted molar refractivity (Wildman–Crippen MR) is 120 cm³/mol. The Kier molecular flexibility index (Phi) is 6.04. The molecule has 0 atom stereocenters. The van der Waals surface area contributed by atoms with Gasteiger partial charge in [0.25, 0.3) is 5.91 Å². The number of amides is 1. The predicted octanol–water partition coefficient (Wildman–Crippen LogP) is 4.30. The van der Waals surface area contributed by atoms with E-state index in [0.717, 1.165) is 41.7 Å². The number of rotatable bonds is 6. The van der Waals surface area contributed by atoms with E-state index in [1.165, 1.54) is 11.3 Å². The van der Waals surface area contributed by atoms with E-state index >= 15 is 0 Å². The smallest absolute Gasteiger partial charge is 0.355 e. The van der Waals surface area contributed by atoms with E-state index in [-0.39, 0.29) is 5.78 Å². The molecule has 0 spiro atoms. The number of nitrogens with zero attached hydrogens (tertiary/aromatic N) is 1. The van der Waals surface area contributed by atoms with Gasteiger partial charge in [-0.05, 0) is 50.3 Å². The van der Waals surface area contributed by atoms with Crippen molar-refractivity contribution >= 4 is 34.0 Å². The molecule has 4 rings (SSSR count). The number of carbonyl (C=O) groups is 3. The zero-order valence-electron chi connectivity index (χ0n) is 17.6. The van der Waals surface area contributed by atoms with Gasteiger partial charge in [0, 0.05) is 23.7 Å². The van der Waals surface area contributed by atoms with Gasteiger partial charge in [-0.3, -0.25) is 9.59 Å². The summed E-state index contributed by atoms with van der Waals surface area (Å²) in [5, 5.41) is 3.36. The second-order valence-electron chi connectivity index (χ2n) is 7.74. The van der Waals surface area contributed by atoms with E-state index in [4.69, 9.17) is 4.74 Å². The maximum absolute atomic E-state index is 13.3. The average molecular weight is 437 g/mol. The van der Waals surface area contributed by atoms with Crippen LogP contribution in [0, 0.1) is 6.92 Å². The molecule has 0 aliphatic heterocycles. The summed E-state index contributed by atoms with van der Waals surface area (Å²) in [4.78, 5) is 39.2. The molecule has 1 aromatic carbocycles. The van der Waals surface area contributed by atoms with E-state index in [9.17, 15) is 14.4 Å². The van der Waals surface area contributed by atoms with Crippen molar-refractivity contribution in [3.63, 3.8) is 0 Å². The van der Waals surface area contributed by atoms with Crippen LogP contribution in [0.3, 0.4) is 0 Å². The quantitative estimate of drug-likeness (QED) is 0.462. The molecule has 1 aliphatic carbocycles. The summed E-state index contributed by atoms with van der Waals surface area (Å²) in [6.07, 6.45) is 5.58. The average Bonchev–Trinajstić information content (AvgIpc) is 3.35. The van der Waals surface area contributed by atoms with Gasteiger partial charge in [-0.15, -0.1) is 11.3 Å². The van der Waals surface area contributed by atoms with Gasteiger partial charge in [0.1, 0.15) is 10.7 Å². The van der Waals surface area contributed by atoms with Crippen LogP contribution in [0.5, 0.6) is 0 Å². The van der Waals surface area contributed by atoms with Crippen LogP contribution in [0.4, 0.5) is 5.00 Å². The largest absolute Gasteiger partial charge is 0.451 e. The van der Waals surface area contributed by atoms with Crippen molar-refractivity contribution in [1.29, 1.82) is 0 Å². The van der Waals surface area contributed by atoms with Crippen molar-refractivity contribution in [2.45, 2.75) is 32.6 Å². The molecule has 31 heavy (non-hydrogen) atoms. The van der Waals surface area contributed by atoms with E-state index in [0.29, 0.717) is 21.8 Å². The van der Waals surface area contributed by atoms with Crippen LogP contribution in [-0.2, 0) is 29.4 Å². The molecular formula is C24H24N2O4S. The number of ether oxygens (including phenoxy) is 1. The maximum atomic E-state index is 13.3. The number of benzene rings is 1. The van der Waals surface area contributed by atoms with E-state index in [1.807, 2.05) is 31.2 Å². The van der Waals surface area contributed by atoms with Crippen molar-refractivity contribution < 1.29 is 19.1 Å². The van der Waals surface area contributed by atoms with Crippen molar-refractivity contribution in [2.75, 3.05) is 11.9 Å². The molecule has 1 amide bonds. The van der Waals surface area contributed by atoms with Crippen molar-refractivity contribution in [2.24, 2.45) is 7.05 Å². The normalized spacial score (nSPS) is 12.8. The number of aryl methyl sites for hydroxylation is 3. The number of aromatic nitrogens is 1. The Morgan fingerprint density at radius 3 is 2.55 bits per heavy atom. The SMILES string of the molecule is Cc1ccc(C(=O)c2c(NC(=O)COC(=O)c3cccn3C)sc3c2CCCC3)cc1. The second-order valence-corrected chi connectivity index (χ2v) is 8.84. The molecule has 0 saturated carbocycles. The molecule has 2 aromatic heterocycles. The highest BCUT2D eigenvalue weighted by atomic mass is 32.1. The van der Waals surface area contributed by atoms with E-state index < -0.39 is 18.5 Å². The van der Waals surface area contributed by atoms with Gasteiger partial charge in [0.2, 0.25) is 0 Å². The number of ketones is 1. The number of nitrogens with one attached hydrogen (secondary N) is 1. The number of hydrogen-bond acceptors (Lipinski definition) is 5. The molecule has 3 aromatic rings. The Morgan fingerprint density at radius 2 is 1.84 bits per heavy atom. The molecule has 0 radical (unpaired) electrons. The van der Waals surface area contributed by atoms with Gasteiger partial charge in [-0.25, -0.2) is 4.79 Å². The highest BCUT2D eigenvalue weighted by molar-refractivity contribution is 7.17. The summed E-state index contributed by atoms with van der Waals surface area (Å²) >= 11 is 1.45. The van der Waals surface area contributed by atoms with Crippen LogP contribution < -0.4 is 5.32 Å². The van der Waals surface area contributed by atoms with Crippen LogP contribution in [0.15, 0.2) is 42.6 Å². The molecule has 0 fully saturated rings. The van der Waals surface area contributed by atoms with Gasteiger partial charge in [-0.2, -0.15) is 0 Å². The topological polar surface area (TPSA) is 77.4 Å². The number of thiophene rings is 1. The van der Waals surface area contributed by atoms with Gasteiger partial charge in [0.05, 0.1) is 5.56 Å². The Bertz CT molecular complexity index is 1140. The Labute approximate surface area is 184 Å². The summed E-state index contributed by atoms with van der Waals surface area (Å²) in [6.45, 7) is 1.56. The Hall–Kier alpha value is -3.19. The van der Waals surface area contributed by atoms with Crippen molar-refractivity contribution in [1.82, 2.24) is 4.57 Å². The third-order valence-corrected chi connectivity index (χ3v) is 6.66. The highest BCUT2D eigenvalue weighted by Crippen LogP contribution is 2.39. The van der Waals surface area contributed by atoms with Crippen LogP contribution >= 0.6 is 11.3 Å². The lowest BCUT2D eigenvalue weighted by molar-refractivity contribution is -0.119. The maximum Gasteiger partial charge on any atom is 0.355 e. The molecule has 0 saturated heterocycles. The molecule has 7 heteroatoms. The summed E-state index contributed by atoms with van der Waals surface area (Å²) in [6, 6.07) is 10.8. The minimum Gasteiger partial charge on any atom is -0.451 e. The number of carbonyl (C=O) groups excluding carboxylic acids is 3. The fourth-order valence-electron chi connectivity index (χ4n) is 3.78. The number of esters is 1. The first-order valence-electron chi connectivity index (χ1n) is 10.3. The lowest BCUT2D eigenvalue weighted by Gasteiger charge is -2.13. The lowest BCUT2D eigenvalue weighted by atomic mass is 9.91. The van der Waals surface area contributed by atoms with Crippen molar-refractivity contribution in [3.8, 4) is 0 Å². The van der Waals surface area contributed by atoms with Crippen molar-refractivity contribution in [3.05, 3.63) is 75.4 Å². The number of hydrogen-bond donors (Lipinski definition) is 1. The zero-order valence-corrected chi connectivity index (χ0v) is 18.4. The molecule has 0 unspecified atom stereocenters. The minimum absolute atomic E-state index is 0.0875. The first kappa shape index (κ1) is 21.1. The monoisotopic (exact) mass is 436 g/mol. The summed E-state index contributed by atoms with van der Waals surface area (Å²) in [5.74, 6) is -1.11. The summed E-state index contributed by atoms with van der Waals surface area (Å²) in [5.41, 5.74) is 3.66. The molecule has 1 N–H and O–H groups in total. The first-order valence-corrected chi connectivity index (χ1v) is 11.1. The highest BCUT2D eigenvalue weighted by Gasteiger charge is 2.27. The molecular weight excluding hydrogens is 412 g/mol. The van der Waals surface area contributed by atoms with Gasteiger partial charge < -0.3 is 14.6 Å². The molecule has 1 aliphatic rings. The van der Waals surface area contributed by atoms with Gasteiger partial charge in [-0.1, -0.05) is 29.8 Å². The lowest BCUT2D eigenvalue weighted by Crippen LogP contribution is -2.22. The molecule has 0 bridgehead atoms. The summed E-state index contributed by atoms with van der Waals surface area (Å²) in [7, 11) is 1.73. The van der Waals surface area contributed by atoms with E-state index in [1.54, 1.807) is 29.9 Å². The Morgan fingerprint density at radius 1 is 1.10 bits per heavy atom. The molecule has 2 heterocycles. The number of fused-ring (bicyclic) bond motifs is 1. The fraction of sp³-hybridized carbons (Fsp3) is 0.292. The zero-order chi connectivity index (χ0) is 22.0. The standard InChI is InChI=1S/C24H24N2O4S/c1-15-9-11-16(12-10-15)22(28)21-17-6-3-4-8-19(17)31-23(21)25-20(27)14-30-24(29)18-7-5-13-26(18)2/h5,7,9-13H,3-4,6,8,14H2,1-2H3,(H,25,27). The second kappa shape index (κ2) is 8.89. The molecule has 160 valence electrons. The molecule has 6 nitrogen and oxygen atoms in total. The third kappa shape index (κ3) is 4.46. The van der Waals surface area contributed by atoms with Gasteiger partial charge in [0.15, 0.2) is 12.4 Å². The minimum atomic E-state index is -0.566. The van der Waals surface area contributed by atoms with Gasteiger partial charge >= 0.3 is 5.97 Å². The fourth-order valence-corrected chi connectivity index (χ4v) is 5.09. The van der Waals surface area contributed by atoms with E-state index in [2.05, 4.69) is 5.32 Å².